The minimum Gasteiger partial charge on any atom is -0.480 e. The molecule has 1 aliphatic carbocycles. The Labute approximate surface area is 170 Å². The Hall–Kier alpha value is -2.28. The number of piperazine rings is 1. The molecule has 1 aromatic heterocycles. The highest BCUT2D eigenvalue weighted by atomic mass is 32.2. The molecule has 2 fully saturated rings. The molecule has 148 valence electrons. The van der Waals surface area contributed by atoms with Crippen molar-refractivity contribution < 1.29 is 9.53 Å². The van der Waals surface area contributed by atoms with Gasteiger partial charge >= 0.3 is 0 Å². The topological polar surface area (TPSA) is 58.6 Å². The Morgan fingerprint density at radius 1 is 1.07 bits per heavy atom. The molecule has 0 spiro atoms. The Morgan fingerprint density at radius 3 is 2.46 bits per heavy atom. The van der Waals surface area contributed by atoms with Gasteiger partial charge in [0.25, 0.3) is 0 Å². The average Bonchev–Trinajstić information content (AvgIpc) is 3.23. The fourth-order valence-electron chi connectivity index (χ4n) is 4.04. The van der Waals surface area contributed by atoms with E-state index in [1.165, 1.54) is 4.90 Å². The summed E-state index contributed by atoms with van der Waals surface area (Å²) in [4.78, 5) is 27.6. The molecule has 4 rings (SSSR count). The lowest BCUT2D eigenvalue weighted by Crippen LogP contribution is -2.54. The highest BCUT2D eigenvalue weighted by molar-refractivity contribution is 8.01. The van der Waals surface area contributed by atoms with Gasteiger partial charge in [0.1, 0.15) is 0 Å². The SMILES string of the molecule is COc1cncc(N2CCN(C(=O)C3(Sc4ccccc4)CCCC3)CC2)n1. The third-order valence-corrected chi connectivity index (χ3v) is 7.04. The molecule has 0 unspecified atom stereocenters. The summed E-state index contributed by atoms with van der Waals surface area (Å²) < 4.78 is 4.87. The Morgan fingerprint density at radius 2 is 1.79 bits per heavy atom. The number of thioether (sulfide) groups is 1. The van der Waals surface area contributed by atoms with Crippen molar-refractivity contribution in [3.8, 4) is 5.88 Å². The quantitative estimate of drug-likeness (QED) is 0.771. The minimum atomic E-state index is -0.306. The standard InChI is InChI=1S/C21H26N4O2S/c1-27-19-16-22-15-18(23-19)24-11-13-25(14-12-24)20(26)21(9-5-6-10-21)28-17-7-3-2-4-8-17/h2-4,7-8,15-16H,5-6,9-14H2,1H3. The number of hydrogen-bond donors (Lipinski definition) is 0. The molecule has 1 aromatic carbocycles. The number of aromatic nitrogens is 2. The van der Waals surface area contributed by atoms with E-state index in [1.807, 2.05) is 23.1 Å². The first-order valence-corrected chi connectivity index (χ1v) is 10.7. The van der Waals surface area contributed by atoms with Gasteiger partial charge in [0.2, 0.25) is 11.8 Å². The number of anilines is 1. The van der Waals surface area contributed by atoms with E-state index in [-0.39, 0.29) is 4.75 Å². The first-order valence-electron chi connectivity index (χ1n) is 9.85. The molecule has 0 bridgehead atoms. The van der Waals surface area contributed by atoms with Gasteiger partial charge in [-0.25, -0.2) is 0 Å². The normalized spacial score (nSPS) is 18.9. The molecule has 2 aromatic rings. The van der Waals surface area contributed by atoms with Gasteiger partial charge in [-0.15, -0.1) is 11.8 Å². The zero-order valence-corrected chi connectivity index (χ0v) is 17.0. The van der Waals surface area contributed by atoms with Crippen LogP contribution in [-0.2, 0) is 4.79 Å². The fraction of sp³-hybridized carbons (Fsp3) is 0.476. The fourth-order valence-corrected chi connectivity index (χ4v) is 5.49. The van der Waals surface area contributed by atoms with Crippen LogP contribution in [0.2, 0.25) is 0 Å². The van der Waals surface area contributed by atoms with Gasteiger partial charge in [0.15, 0.2) is 5.82 Å². The summed E-state index contributed by atoms with van der Waals surface area (Å²) in [6, 6.07) is 10.3. The zero-order valence-electron chi connectivity index (χ0n) is 16.2. The van der Waals surface area contributed by atoms with Crippen LogP contribution in [0.4, 0.5) is 5.82 Å². The largest absolute Gasteiger partial charge is 0.480 e. The molecule has 1 saturated heterocycles. The van der Waals surface area contributed by atoms with E-state index >= 15 is 0 Å². The van der Waals surface area contributed by atoms with Crippen LogP contribution in [-0.4, -0.2) is 58.8 Å². The molecule has 1 aliphatic heterocycles. The van der Waals surface area contributed by atoms with Crippen molar-refractivity contribution in [2.75, 3.05) is 38.2 Å². The molecule has 0 atom stereocenters. The monoisotopic (exact) mass is 398 g/mol. The zero-order chi connectivity index (χ0) is 19.4. The Bertz CT molecular complexity index is 803. The summed E-state index contributed by atoms with van der Waals surface area (Å²) in [5.74, 6) is 1.62. The van der Waals surface area contributed by atoms with Crippen LogP contribution < -0.4 is 9.64 Å². The molecule has 1 saturated carbocycles. The van der Waals surface area contributed by atoms with Crippen molar-refractivity contribution in [3.63, 3.8) is 0 Å². The van der Waals surface area contributed by atoms with E-state index in [0.29, 0.717) is 11.8 Å². The summed E-state index contributed by atoms with van der Waals surface area (Å²) >= 11 is 1.76. The third kappa shape index (κ3) is 3.94. The van der Waals surface area contributed by atoms with Crippen molar-refractivity contribution in [1.29, 1.82) is 0 Å². The lowest BCUT2D eigenvalue weighted by molar-refractivity contribution is -0.134. The van der Waals surface area contributed by atoms with Crippen molar-refractivity contribution in [2.24, 2.45) is 0 Å². The van der Waals surface area contributed by atoms with E-state index in [4.69, 9.17) is 4.74 Å². The predicted octanol–water partition coefficient (Wildman–Crippen LogP) is 3.24. The highest BCUT2D eigenvalue weighted by Gasteiger charge is 2.45. The van der Waals surface area contributed by atoms with Crippen LogP contribution in [0.3, 0.4) is 0 Å². The van der Waals surface area contributed by atoms with Gasteiger partial charge in [0.05, 0.1) is 24.3 Å². The summed E-state index contributed by atoms with van der Waals surface area (Å²) in [6.07, 6.45) is 7.55. The first-order chi connectivity index (χ1) is 13.7. The predicted molar refractivity (Wildman–Crippen MR) is 111 cm³/mol. The lowest BCUT2D eigenvalue weighted by atomic mass is 10.0. The molecule has 0 radical (unpaired) electrons. The molecule has 1 amide bonds. The number of ether oxygens (including phenoxy) is 1. The molecule has 0 N–H and O–H groups in total. The van der Waals surface area contributed by atoms with Crippen molar-refractivity contribution in [1.82, 2.24) is 14.9 Å². The second-order valence-corrected chi connectivity index (χ2v) is 8.77. The van der Waals surface area contributed by atoms with Gasteiger partial charge < -0.3 is 14.5 Å². The number of benzene rings is 1. The Balaban J connectivity index is 1.43. The van der Waals surface area contributed by atoms with E-state index < -0.39 is 0 Å². The number of amides is 1. The summed E-state index contributed by atoms with van der Waals surface area (Å²) in [6.45, 7) is 2.96. The summed E-state index contributed by atoms with van der Waals surface area (Å²) in [5, 5.41) is 0. The van der Waals surface area contributed by atoms with Gasteiger partial charge in [-0.1, -0.05) is 31.0 Å². The number of nitrogens with zero attached hydrogens (tertiary/aromatic N) is 4. The van der Waals surface area contributed by atoms with Crippen LogP contribution in [0.5, 0.6) is 5.88 Å². The maximum Gasteiger partial charge on any atom is 0.239 e. The van der Waals surface area contributed by atoms with E-state index in [9.17, 15) is 4.79 Å². The number of methoxy groups -OCH3 is 1. The molecular weight excluding hydrogens is 372 g/mol. The molecule has 2 aliphatic rings. The van der Waals surface area contributed by atoms with E-state index in [0.717, 1.165) is 57.7 Å². The smallest absolute Gasteiger partial charge is 0.239 e. The minimum absolute atomic E-state index is 0.301. The number of hydrogen-bond acceptors (Lipinski definition) is 6. The van der Waals surface area contributed by atoms with Crippen LogP contribution >= 0.6 is 11.8 Å². The van der Waals surface area contributed by atoms with Crippen LogP contribution in [0.15, 0.2) is 47.6 Å². The second-order valence-electron chi connectivity index (χ2n) is 7.32. The van der Waals surface area contributed by atoms with Crippen molar-refractivity contribution in [2.45, 2.75) is 35.3 Å². The lowest BCUT2D eigenvalue weighted by Gasteiger charge is -2.39. The van der Waals surface area contributed by atoms with Gasteiger partial charge in [-0.2, -0.15) is 4.98 Å². The average molecular weight is 399 g/mol. The van der Waals surface area contributed by atoms with Crippen LogP contribution in [0.25, 0.3) is 0 Å². The number of rotatable bonds is 5. The summed E-state index contributed by atoms with van der Waals surface area (Å²) in [5.41, 5.74) is 0. The Kier molecular flexibility index (Phi) is 5.71. The van der Waals surface area contributed by atoms with Crippen molar-refractivity contribution >= 4 is 23.5 Å². The highest BCUT2D eigenvalue weighted by Crippen LogP contribution is 2.46. The maximum absolute atomic E-state index is 13.5. The maximum atomic E-state index is 13.5. The summed E-state index contributed by atoms with van der Waals surface area (Å²) in [7, 11) is 1.59. The first kappa shape index (κ1) is 19.1. The van der Waals surface area contributed by atoms with Crippen molar-refractivity contribution in [3.05, 3.63) is 42.7 Å². The number of carbonyl (C=O) groups is 1. The third-order valence-electron chi connectivity index (χ3n) is 5.56. The van der Waals surface area contributed by atoms with Crippen LogP contribution in [0.1, 0.15) is 25.7 Å². The molecule has 7 heteroatoms. The van der Waals surface area contributed by atoms with E-state index in [2.05, 4.69) is 27.0 Å². The molecular formula is C21H26N4O2S. The van der Waals surface area contributed by atoms with Gasteiger partial charge in [0, 0.05) is 31.1 Å². The molecule has 28 heavy (non-hydrogen) atoms. The van der Waals surface area contributed by atoms with Gasteiger partial charge in [-0.05, 0) is 25.0 Å². The molecule has 6 nitrogen and oxygen atoms in total. The molecule has 2 heterocycles. The van der Waals surface area contributed by atoms with Crippen LogP contribution in [0, 0.1) is 0 Å². The second kappa shape index (κ2) is 8.39. The number of carbonyl (C=O) groups excluding carboxylic acids is 1. The van der Waals surface area contributed by atoms with Gasteiger partial charge in [-0.3, -0.25) is 9.78 Å². The van der Waals surface area contributed by atoms with E-state index in [1.54, 1.807) is 31.3 Å².